The van der Waals surface area contributed by atoms with Crippen LogP contribution in [-0.2, 0) is 4.79 Å². The number of nitrogens with one attached hydrogen (secondary N) is 1. The average molecular weight is 323 g/mol. The van der Waals surface area contributed by atoms with E-state index in [1.165, 1.54) is 18.4 Å². The third kappa shape index (κ3) is 7.45. The van der Waals surface area contributed by atoms with Crippen LogP contribution < -0.4 is 11.1 Å². The quantitative estimate of drug-likeness (QED) is 0.674. The molecular formula is C15H28F3N3O. The van der Waals surface area contributed by atoms with E-state index in [1.54, 1.807) is 0 Å². The zero-order valence-corrected chi connectivity index (χ0v) is 13.3. The maximum Gasteiger partial charge on any atom is 0.401 e. The molecule has 130 valence electrons. The van der Waals surface area contributed by atoms with Crippen molar-refractivity contribution in [2.45, 2.75) is 51.1 Å². The Balaban J connectivity index is 2.20. The van der Waals surface area contributed by atoms with E-state index in [2.05, 4.69) is 5.32 Å². The van der Waals surface area contributed by atoms with E-state index in [9.17, 15) is 18.0 Å². The number of carbonyl (C=O) groups is 1. The van der Waals surface area contributed by atoms with E-state index < -0.39 is 12.7 Å². The van der Waals surface area contributed by atoms with Gasteiger partial charge in [0.2, 0.25) is 5.91 Å². The molecular weight excluding hydrogens is 295 g/mol. The van der Waals surface area contributed by atoms with Gasteiger partial charge in [0.05, 0.1) is 6.54 Å². The Morgan fingerprint density at radius 3 is 2.45 bits per heavy atom. The lowest BCUT2D eigenvalue weighted by atomic mass is 9.71. The molecule has 0 aromatic heterocycles. The summed E-state index contributed by atoms with van der Waals surface area (Å²) < 4.78 is 36.5. The fraction of sp³-hybridized carbons (Fsp3) is 0.933. The van der Waals surface area contributed by atoms with E-state index in [0.29, 0.717) is 32.5 Å². The minimum Gasteiger partial charge on any atom is -0.356 e. The molecule has 0 radical (unpaired) electrons. The zero-order chi connectivity index (χ0) is 16.6. The second-order valence-corrected chi connectivity index (χ2v) is 6.50. The second kappa shape index (κ2) is 8.72. The van der Waals surface area contributed by atoms with Crippen LogP contribution in [0.3, 0.4) is 0 Å². The van der Waals surface area contributed by atoms with Crippen molar-refractivity contribution in [3.05, 3.63) is 0 Å². The van der Waals surface area contributed by atoms with Crippen molar-refractivity contribution in [2.24, 2.45) is 11.1 Å². The molecule has 0 spiro atoms. The molecule has 0 unspecified atom stereocenters. The summed E-state index contributed by atoms with van der Waals surface area (Å²) in [7, 11) is 1.43. The highest BCUT2D eigenvalue weighted by Gasteiger charge is 2.33. The van der Waals surface area contributed by atoms with Crippen LogP contribution in [0.15, 0.2) is 0 Å². The summed E-state index contributed by atoms with van der Waals surface area (Å²) in [4.78, 5) is 13.2. The first-order valence-corrected chi connectivity index (χ1v) is 7.98. The maximum atomic E-state index is 12.2. The first-order chi connectivity index (χ1) is 10.3. The van der Waals surface area contributed by atoms with Crippen LogP contribution >= 0.6 is 0 Å². The molecule has 0 aromatic rings. The number of nitrogens with two attached hydrogens (primary N) is 1. The summed E-state index contributed by atoms with van der Waals surface area (Å²) in [5.41, 5.74) is 5.77. The zero-order valence-electron chi connectivity index (χ0n) is 13.3. The van der Waals surface area contributed by atoms with Crippen molar-refractivity contribution in [1.82, 2.24) is 10.2 Å². The second-order valence-electron chi connectivity index (χ2n) is 6.50. The highest BCUT2D eigenvalue weighted by atomic mass is 19.4. The van der Waals surface area contributed by atoms with Gasteiger partial charge in [0, 0.05) is 13.0 Å². The first kappa shape index (κ1) is 19.2. The summed E-state index contributed by atoms with van der Waals surface area (Å²) in [5, 5.41) is 2.80. The third-order valence-corrected chi connectivity index (χ3v) is 4.37. The van der Waals surface area contributed by atoms with E-state index in [0.717, 1.165) is 25.7 Å². The van der Waals surface area contributed by atoms with Crippen molar-refractivity contribution in [3.63, 3.8) is 0 Å². The first-order valence-electron chi connectivity index (χ1n) is 7.98. The molecule has 1 amide bonds. The minimum absolute atomic E-state index is 0.0363. The molecule has 0 heterocycles. The molecule has 4 nitrogen and oxygen atoms in total. The summed E-state index contributed by atoms with van der Waals surface area (Å²) in [6.45, 7) is 0.315. The van der Waals surface area contributed by atoms with Crippen molar-refractivity contribution < 1.29 is 18.0 Å². The standard InChI is InChI=1S/C15H28F3N3O/c1-21(12-15(16,17)18)9-5-8-20-13(22)10-14(11-19)6-3-2-4-7-14/h2-12,19H2,1H3,(H,20,22). The number of nitrogens with zero attached hydrogens (tertiary/aromatic N) is 1. The van der Waals surface area contributed by atoms with Gasteiger partial charge in [0.25, 0.3) is 0 Å². The predicted octanol–water partition coefficient (Wildman–Crippen LogP) is 2.29. The minimum atomic E-state index is -4.17. The number of hydrogen-bond donors (Lipinski definition) is 2. The number of carbonyl (C=O) groups excluding carboxylic acids is 1. The Labute approximate surface area is 130 Å². The molecule has 1 aliphatic rings. The Hall–Kier alpha value is -0.820. The Bertz CT molecular complexity index is 341. The van der Waals surface area contributed by atoms with Crippen LogP contribution in [0, 0.1) is 5.41 Å². The van der Waals surface area contributed by atoms with Gasteiger partial charge in [-0.1, -0.05) is 19.3 Å². The van der Waals surface area contributed by atoms with E-state index in [4.69, 9.17) is 5.73 Å². The molecule has 1 aliphatic carbocycles. The van der Waals surface area contributed by atoms with Crippen LogP contribution in [-0.4, -0.2) is 50.2 Å². The van der Waals surface area contributed by atoms with Crippen LogP contribution in [0.25, 0.3) is 0 Å². The molecule has 0 bridgehead atoms. The Morgan fingerprint density at radius 1 is 1.27 bits per heavy atom. The number of rotatable bonds is 8. The van der Waals surface area contributed by atoms with Crippen molar-refractivity contribution >= 4 is 5.91 Å². The van der Waals surface area contributed by atoms with Gasteiger partial charge in [-0.05, 0) is 44.8 Å². The molecule has 22 heavy (non-hydrogen) atoms. The summed E-state index contributed by atoms with van der Waals surface area (Å²) in [6, 6.07) is 0. The largest absolute Gasteiger partial charge is 0.401 e. The Morgan fingerprint density at radius 2 is 1.91 bits per heavy atom. The lowest BCUT2D eigenvalue weighted by Gasteiger charge is -2.35. The van der Waals surface area contributed by atoms with E-state index in [1.807, 2.05) is 0 Å². The van der Waals surface area contributed by atoms with Crippen molar-refractivity contribution in [2.75, 3.05) is 33.2 Å². The lowest BCUT2D eigenvalue weighted by Crippen LogP contribution is -2.39. The number of amides is 1. The van der Waals surface area contributed by atoms with Gasteiger partial charge < -0.3 is 11.1 Å². The fourth-order valence-electron chi connectivity index (χ4n) is 3.12. The summed E-state index contributed by atoms with van der Waals surface area (Å²) >= 11 is 0. The van der Waals surface area contributed by atoms with Crippen molar-refractivity contribution in [1.29, 1.82) is 0 Å². The highest BCUT2D eigenvalue weighted by molar-refractivity contribution is 5.76. The smallest absolute Gasteiger partial charge is 0.356 e. The monoisotopic (exact) mass is 323 g/mol. The van der Waals surface area contributed by atoms with Crippen LogP contribution in [0.2, 0.25) is 0 Å². The molecule has 7 heteroatoms. The normalized spacial score (nSPS) is 18.5. The lowest BCUT2D eigenvalue weighted by molar-refractivity contribution is -0.143. The molecule has 1 saturated carbocycles. The summed E-state index contributed by atoms with van der Waals surface area (Å²) in [5.74, 6) is -0.0363. The Kier molecular flexibility index (Phi) is 7.62. The average Bonchev–Trinajstić information content (AvgIpc) is 2.43. The van der Waals surface area contributed by atoms with Gasteiger partial charge in [0.15, 0.2) is 0 Å². The topological polar surface area (TPSA) is 58.4 Å². The van der Waals surface area contributed by atoms with Gasteiger partial charge in [-0.3, -0.25) is 9.69 Å². The SMILES string of the molecule is CN(CCCNC(=O)CC1(CN)CCCCC1)CC(F)(F)F. The van der Waals surface area contributed by atoms with Crippen LogP contribution in [0.4, 0.5) is 13.2 Å². The van der Waals surface area contributed by atoms with E-state index >= 15 is 0 Å². The van der Waals surface area contributed by atoms with Gasteiger partial charge in [0.1, 0.15) is 0 Å². The summed E-state index contributed by atoms with van der Waals surface area (Å²) in [6.07, 6.45) is 2.19. The molecule has 0 aliphatic heterocycles. The molecule has 1 fully saturated rings. The molecule has 0 atom stereocenters. The van der Waals surface area contributed by atoms with Crippen molar-refractivity contribution in [3.8, 4) is 0 Å². The predicted molar refractivity (Wildman–Crippen MR) is 80.4 cm³/mol. The number of alkyl halides is 3. The fourth-order valence-corrected chi connectivity index (χ4v) is 3.12. The number of hydrogen-bond acceptors (Lipinski definition) is 3. The van der Waals surface area contributed by atoms with Crippen LogP contribution in [0.1, 0.15) is 44.9 Å². The molecule has 0 aromatic carbocycles. The van der Waals surface area contributed by atoms with Crippen LogP contribution in [0.5, 0.6) is 0 Å². The molecule has 1 rings (SSSR count). The van der Waals surface area contributed by atoms with Gasteiger partial charge in [-0.25, -0.2) is 0 Å². The van der Waals surface area contributed by atoms with E-state index in [-0.39, 0.29) is 11.3 Å². The van der Waals surface area contributed by atoms with Gasteiger partial charge >= 0.3 is 6.18 Å². The maximum absolute atomic E-state index is 12.2. The highest BCUT2D eigenvalue weighted by Crippen LogP contribution is 2.38. The molecule has 0 saturated heterocycles. The van der Waals surface area contributed by atoms with Gasteiger partial charge in [-0.15, -0.1) is 0 Å². The number of halogens is 3. The third-order valence-electron chi connectivity index (χ3n) is 4.37. The molecule has 3 N–H and O–H groups in total. The van der Waals surface area contributed by atoms with Gasteiger partial charge in [-0.2, -0.15) is 13.2 Å².